The molecule has 0 saturated carbocycles. The fourth-order valence-electron chi connectivity index (χ4n) is 3.70. The van der Waals surface area contributed by atoms with Crippen molar-refractivity contribution < 1.29 is 19.1 Å². The Morgan fingerprint density at radius 2 is 1.77 bits per heavy atom. The highest BCUT2D eigenvalue weighted by molar-refractivity contribution is 7.80. The van der Waals surface area contributed by atoms with Crippen LogP contribution in [0.15, 0.2) is 30.3 Å². The number of thiophene rings is 1. The quantitative estimate of drug-likeness (QED) is 0.543. The van der Waals surface area contributed by atoms with Crippen molar-refractivity contribution in [3.05, 3.63) is 51.9 Å². The van der Waals surface area contributed by atoms with Crippen molar-refractivity contribution in [2.75, 3.05) is 32.6 Å². The number of nitrogens with one attached hydrogen (secondary N) is 1. The summed E-state index contributed by atoms with van der Waals surface area (Å²) in [6, 6.07) is 10.5. The Morgan fingerprint density at radius 3 is 2.37 bits per heavy atom. The fraction of sp³-hybridized carbons (Fsp3) is 0.409. The van der Waals surface area contributed by atoms with E-state index >= 15 is 0 Å². The minimum atomic E-state index is -0.509. The van der Waals surface area contributed by atoms with Crippen LogP contribution in [0.5, 0.6) is 0 Å². The van der Waals surface area contributed by atoms with Crippen LogP contribution in [-0.2, 0) is 15.9 Å². The summed E-state index contributed by atoms with van der Waals surface area (Å²) >= 11 is 6.76. The predicted octanol–water partition coefficient (Wildman–Crippen LogP) is 4.28. The summed E-state index contributed by atoms with van der Waals surface area (Å²) in [5, 5.41) is 4.23. The molecule has 1 aromatic heterocycles. The van der Waals surface area contributed by atoms with E-state index in [9.17, 15) is 9.59 Å². The van der Waals surface area contributed by atoms with Gasteiger partial charge in [-0.25, -0.2) is 9.59 Å². The Balaban J connectivity index is 1.66. The molecule has 0 bridgehead atoms. The lowest BCUT2D eigenvalue weighted by molar-refractivity contribution is 0.0601. The lowest BCUT2D eigenvalue weighted by Crippen LogP contribution is -2.41. The topological polar surface area (TPSA) is 67.9 Å². The van der Waals surface area contributed by atoms with E-state index in [1.807, 2.05) is 6.07 Å². The largest absolute Gasteiger partial charge is 0.465 e. The molecule has 6 nitrogen and oxygen atoms in total. The number of methoxy groups -OCH3 is 2. The lowest BCUT2D eigenvalue weighted by atomic mass is 9.90. The number of anilines is 1. The van der Waals surface area contributed by atoms with Crippen LogP contribution in [-0.4, -0.2) is 49.3 Å². The van der Waals surface area contributed by atoms with Gasteiger partial charge in [-0.2, -0.15) is 0 Å². The molecule has 0 aliphatic carbocycles. The van der Waals surface area contributed by atoms with Gasteiger partial charge in [0.2, 0.25) is 0 Å². The highest BCUT2D eigenvalue weighted by atomic mass is 32.1. The number of benzene rings is 1. The number of rotatable bonds is 5. The van der Waals surface area contributed by atoms with E-state index in [2.05, 4.69) is 34.5 Å². The molecule has 8 heteroatoms. The van der Waals surface area contributed by atoms with Crippen LogP contribution in [0.3, 0.4) is 0 Å². The van der Waals surface area contributed by atoms with Crippen molar-refractivity contribution in [1.29, 1.82) is 0 Å². The van der Waals surface area contributed by atoms with Crippen LogP contribution >= 0.6 is 23.6 Å². The molecule has 0 spiro atoms. The molecule has 0 amide bonds. The standard InChI is InChI=1S/C22H26N2O4S2/c1-14-17(20(25)27-2)19(30-18(14)21(26)28-3)23-22(29)24-11-9-16(10-12-24)13-15-7-5-4-6-8-15/h4-8,16H,9-13H2,1-3H3,(H,23,29). The van der Waals surface area contributed by atoms with Crippen molar-refractivity contribution in [3.8, 4) is 0 Å². The maximum Gasteiger partial charge on any atom is 0.348 e. The number of carbonyl (C=O) groups is 2. The van der Waals surface area contributed by atoms with Crippen LogP contribution in [0.2, 0.25) is 0 Å². The highest BCUT2D eigenvalue weighted by Gasteiger charge is 2.28. The second kappa shape index (κ2) is 10.0. The number of hydrogen-bond donors (Lipinski definition) is 1. The van der Waals surface area contributed by atoms with Gasteiger partial charge in [0.05, 0.1) is 19.8 Å². The summed E-state index contributed by atoms with van der Waals surface area (Å²) in [6.07, 6.45) is 3.18. The molecule has 1 N–H and O–H groups in total. The van der Waals surface area contributed by atoms with E-state index in [0.29, 0.717) is 32.0 Å². The van der Waals surface area contributed by atoms with Crippen LogP contribution in [0.4, 0.5) is 5.00 Å². The van der Waals surface area contributed by atoms with Crippen LogP contribution in [0.1, 0.15) is 44.0 Å². The number of piperidine rings is 1. The van der Waals surface area contributed by atoms with Gasteiger partial charge in [-0.15, -0.1) is 11.3 Å². The third-order valence-corrected chi connectivity index (χ3v) is 6.94. The van der Waals surface area contributed by atoms with Crippen LogP contribution in [0.25, 0.3) is 0 Å². The number of likely N-dealkylation sites (tertiary alicyclic amines) is 1. The van der Waals surface area contributed by atoms with Crippen LogP contribution < -0.4 is 5.32 Å². The number of hydrogen-bond acceptors (Lipinski definition) is 6. The predicted molar refractivity (Wildman–Crippen MR) is 122 cm³/mol. The second-order valence-electron chi connectivity index (χ2n) is 7.29. The average molecular weight is 447 g/mol. The first-order valence-corrected chi connectivity index (χ1v) is 11.1. The van der Waals surface area contributed by atoms with Gasteiger partial charge >= 0.3 is 11.9 Å². The molecular formula is C22H26N2O4S2. The first-order chi connectivity index (χ1) is 14.4. The third-order valence-electron chi connectivity index (χ3n) is 5.40. The molecule has 0 unspecified atom stereocenters. The Hall–Kier alpha value is -2.45. The molecule has 2 aromatic rings. The van der Waals surface area contributed by atoms with Crippen molar-refractivity contribution in [1.82, 2.24) is 4.90 Å². The Labute approximate surface area is 186 Å². The highest BCUT2D eigenvalue weighted by Crippen LogP contribution is 2.34. The molecule has 1 aliphatic rings. The lowest BCUT2D eigenvalue weighted by Gasteiger charge is -2.33. The van der Waals surface area contributed by atoms with Crippen molar-refractivity contribution in [2.24, 2.45) is 5.92 Å². The Morgan fingerprint density at radius 1 is 1.13 bits per heavy atom. The van der Waals surface area contributed by atoms with E-state index in [1.165, 1.54) is 19.8 Å². The summed E-state index contributed by atoms with van der Waals surface area (Å²) < 4.78 is 9.73. The zero-order valence-corrected chi connectivity index (χ0v) is 19.0. The summed E-state index contributed by atoms with van der Waals surface area (Å²) in [5.74, 6) is -0.360. The van der Waals surface area contributed by atoms with Gasteiger partial charge in [0.1, 0.15) is 9.88 Å². The van der Waals surface area contributed by atoms with E-state index in [-0.39, 0.29) is 0 Å². The van der Waals surface area contributed by atoms with Gasteiger partial charge in [0.25, 0.3) is 0 Å². The first-order valence-electron chi connectivity index (χ1n) is 9.84. The second-order valence-corrected chi connectivity index (χ2v) is 8.70. The van der Waals surface area contributed by atoms with E-state index < -0.39 is 11.9 Å². The first kappa shape index (κ1) is 22.2. The molecule has 1 fully saturated rings. The Bertz CT molecular complexity index is 919. The number of esters is 2. The molecule has 30 heavy (non-hydrogen) atoms. The smallest absolute Gasteiger partial charge is 0.348 e. The number of carbonyl (C=O) groups excluding carboxylic acids is 2. The minimum Gasteiger partial charge on any atom is -0.465 e. The van der Waals surface area contributed by atoms with Gasteiger partial charge in [-0.3, -0.25) is 0 Å². The summed E-state index contributed by atoms with van der Waals surface area (Å²) in [6.45, 7) is 3.41. The number of nitrogens with zero attached hydrogens (tertiary/aromatic N) is 1. The summed E-state index contributed by atoms with van der Waals surface area (Å²) in [4.78, 5) is 26.8. The van der Waals surface area contributed by atoms with Crippen molar-refractivity contribution in [3.63, 3.8) is 0 Å². The Kier molecular flexibility index (Phi) is 7.44. The summed E-state index contributed by atoms with van der Waals surface area (Å²) in [5.41, 5.74) is 2.22. The number of thiocarbonyl (C=S) groups is 1. The molecule has 1 aliphatic heterocycles. The third kappa shape index (κ3) is 4.99. The zero-order chi connectivity index (χ0) is 21.7. The van der Waals surface area contributed by atoms with Gasteiger partial charge in [-0.05, 0) is 55.4 Å². The van der Waals surface area contributed by atoms with E-state index in [4.69, 9.17) is 21.7 Å². The van der Waals surface area contributed by atoms with Gasteiger partial charge < -0.3 is 19.7 Å². The van der Waals surface area contributed by atoms with Crippen LogP contribution in [0, 0.1) is 12.8 Å². The van der Waals surface area contributed by atoms with Gasteiger partial charge in [-0.1, -0.05) is 30.3 Å². The average Bonchev–Trinajstić information content (AvgIpc) is 3.09. The molecule has 1 aromatic carbocycles. The SMILES string of the molecule is COC(=O)c1sc(NC(=S)N2CCC(Cc3ccccc3)CC2)c(C(=O)OC)c1C. The minimum absolute atomic E-state index is 0.323. The molecule has 0 radical (unpaired) electrons. The fourth-order valence-corrected chi connectivity index (χ4v) is 5.16. The van der Waals surface area contributed by atoms with Gasteiger partial charge in [0, 0.05) is 13.1 Å². The molecule has 2 heterocycles. The molecule has 160 valence electrons. The maximum atomic E-state index is 12.3. The molecular weight excluding hydrogens is 420 g/mol. The molecule has 0 atom stereocenters. The van der Waals surface area contributed by atoms with Crippen molar-refractivity contribution in [2.45, 2.75) is 26.2 Å². The van der Waals surface area contributed by atoms with Gasteiger partial charge in [0.15, 0.2) is 5.11 Å². The van der Waals surface area contributed by atoms with Crippen molar-refractivity contribution >= 4 is 45.6 Å². The molecule has 1 saturated heterocycles. The maximum absolute atomic E-state index is 12.3. The zero-order valence-electron chi connectivity index (χ0n) is 17.4. The monoisotopic (exact) mass is 446 g/mol. The van der Waals surface area contributed by atoms with E-state index in [1.54, 1.807) is 6.92 Å². The normalized spacial score (nSPS) is 14.3. The summed E-state index contributed by atoms with van der Waals surface area (Å²) in [7, 11) is 2.63. The molecule has 3 rings (SSSR count). The number of ether oxygens (including phenoxy) is 2. The van der Waals surface area contributed by atoms with E-state index in [0.717, 1.165) is 43.7 Å².